The molecule has 0 aromatic heterocycles. The third-order valence-electron chi connectivity index (χ3n) is 3.60. The maximum atomic E-state index is 12.5. The van der Waals surface area contributed by atoms with Gasteiger partial charge in [0.1, 0.15) is 0 Å². The summed E-state index contributed by atoms with van der Waals surface area (Å²) in [5, 5.41) is 0. The normalized spacial score (nSPS) is 19.6. The molecular formula is C15H28N2O4. The van der Waals surface area contributed by atoms with E-state index in [1.165, 1.54) is 0 Å². The zero-order chi connectivity index (χ0) is 15.5. The number of rotatable bonds is 5. The molecule has 2 amide bonds. The predicted molar refractivity (Wildman–Crippen MR) is 79.7 cm³/mol. The molecule has 6 heteroatoms. The second-order valence-electron chi connectivity index (χ2n) is 5.52. The van der Waals surface area contributed by atoms with E-state index >= 15 is 0 Å². The number of nitrogens with zero attached hydrogens (tertiary/aromatic N) is 1. The Kier molecular flexibility index (Phi) is 9.01. The first-order valence-electron chi connectivity index (χ1n) is 7.84. The molecule has 1 heterocycles. The molecule has 0 bridgehead atoms. The summed E-state index contributed by atoms with van der Waals surface area (Å²) in [5.41, 5.74) is 5.12. The Morgan fingerprint density at radius 3 is 2.19 bits per heavy atom. The maximum Gasteiger partial charge on any atom is 0.225 e. The van der Waals surface area contributed by atoms with Gasteiger partial charge in [0, 0.05) is 38.6 Å². The Morgan fingerprint density at radius 2 is 1.67 bits per heavy atom. The van der Waals surface area contributed by atoms with Crippen LogP contribution >= 0.6 is 0 Å². The lowest BCUT2D eigenvalue weighted by Gasteiger charge is -2.25. The van der Waals surface area contributed by atoms with Crippen LogP contribution in [0.3, 0.4) is 0 Å². The van der Waals surface area contributed by atoms with Gasteiger partial charge in [-0.3, -0.25) is 9.59 Å². The highest BCUT2D eigenvalue weighted by Crippen LogP contribution is 2.13. The van der Waals surface area contributed by atoms with Gasteiger partial charge in [0.25, 0.3) is 0 Å². The summed E-state index contributed by atoms with van der Waals surface area (Å²) in [7, 11) is 0. The van der Waals surface area contributed by atoms with E-state index in [1.807, 2.05) is 11.8 Å². The molecule has 1 rings (SSSR count). The second kappa shape index (κ2) is 10.6. The number of hydrogen-bond donors (Lipinski definition) is 1. The summed E-state index contributed by atoms with van der Waals surface area (Å²) in [5.74, 6) is -0.228. The highest BCUT2D eigenvalue weighted by molar-refractivity contribution is 5.78. The van der Waals surface area contributed by atoms with Crippen molar-refractivity contribution in [3.63, 3.8) is 0 Å². The smallest absolute Gasteiger partial charge is 0.225 e. The number of hydrogen-bond acceptors (Lipinski definition) is 4. The molecule has 1 atom stereocenters. The highest BCUT2D eigenvalue weighted by Gasteiger charge is 2.20. The fourth-order valence-corrected chi connectivity index (χ4v) is 2.39. The molecule has 0 spiro atoms. The van der Waals surface area contributed by atoms with Gasteiger partial charge in [0.2, 0.25) is 11.8 Å². The Bertz CT molecular complexity index is 311. The maximum absolute atomic E-state index is 12.5. The van der Waals surface area contributed by atoms with E-state index in [0.29, 0.717) is 45.7 Å². The Hall–Kier alpha value is -1.14. The van der Waals surface area contributed by atoms with Crippen LogP contribution in [0.2, 0.25) is 0 Å². The van der Waals surface area contributed by atoms with E-state index in [0.717, 1.165) is 25.9 Å². The van der Waals surface area contributed by atoms with Gasteiger partial charge in [0.05, 0.1) is 13.2 Å². The Balaban J connectivity index is 2.40. The fraction of sp³-hybridized carbons (Fsp3) is 0.867. The Morgan fingerprint density at radius 1 is 1.10 bits per heavy atom. The van der Waals surface area contributed by atoms with E-state index in [9.17, 15) is 9.59 Å². The van der Waals surface area contributed by atoms with Crippen molar-refractivity contribution < 1.29 is 19.1 Å². The standard InChI is InChI=1S/C15H28N2O4/c1-13(5-2-6-14(16)18)15(19)17-7-3-9-20-11-12-21-10-4-8-17/h13H,2-12H2,1H3,(H2,16,18). The number of ether oxygens (including phenoxy) is 2. The minimum Gasteiger partial charge on any atom is -0.379 e. The molecule has 6 nitrogen and oxygen atoms in total. The summed E-state index contributed by atoms with van der Waals surface area (Å²) in [6.45, 7) is 5.92. The number of nitrogens with two attached hydrogens (primary N) is 1. The molecule has 0 aliphatic carbocycles. The molecule has 0 radical (unpaired) electrons. The van der Waals surface area contributed by atoms with Gasteiger partial charge in [-0.15, -0.1) is 0 Å². The van der Waals surface area contributed by atoms with E-state index in [2.05, 4.69) is 0 Å². The van der Waals surface area contributed by atoms with Crippen LogP contribution in [0.25, 0.3) is 0 Å². The van der Waals surface area contributed by atoms with Crippen molar-refractivity contribution in [2.75, 3.05) is 39.5 Å². The first-order valence-corrected chi connectivity index (χ1v) is 7.84. The quantitative estimate of drug-likeness (QED) is 0.819. The summed E-state index contributed by atoms with van der Waals surface area (Å²) < 4.78 is 10.9. The molecule has 1 fully saturated rings. The molecular weight excluding hydrogens is 272 g/mol. The molecule has 122 valence electrons. The lowest BCUT2D eigenvalue weighted by atomic mass is 10.0. The van der Waals surface area contributed by atoms with E-state index in [4.69, 9.17) is 15.2 Å². The molecule has 0 saturated carbocycles. The molecule has 21 heavy (non-hydrogen) atoms. The van der Waals surface area contributed by atoms with Gasteiger partial charge >= 0.3 is 0 Å². The lowest BCUT2D eigenvalue weighted by molar-refractivity contribution is -0.135. The molecule has 1 unspecified atom stereocenters. The van der Waals surface area contributed by atoms with E-state index in [-0.39, 0.29) is 17.7 Å². The third kappa shape index (κ3) is 8.02. The number of carbonyl (C=O) groups is 2. The van der Waals surface area contributed by atoms with Crippen LogP contribution in [0.5, 0.6) is 0 Å². The van der Waals surface area contributed by atoms with Gasteiger partial charge < -0.3 is 20.1 Å². The molecule has 1 aliphatic heterocycles. The molecule has 2 N–H and O–H groups in total. The van der Waals surface area contributed by atoms with Crippen molar-refractivity contribution in [1.82, 2.24) is 4.90 Å². The minimum atomic E-state index is -0.306. The van der Waals surface area contributed by atoms with Crippen LogP contribution in [-0.2, 0) is 19.1 Å². The van der Waals surface area contributed by atoms with Crippen LogP contribution in [0.15, 0.2) is 0 Å². The second-order valence-corrected chi connectivity index (χ2v) is 5.52. The van der Waals surface area contributed by atoms with Gasteiger partial charge in [-0.25, -0.2) is 0 Å². The zero-order valence-corrected chi connectivity index (χ0v) is 13.0. The Labute approximate surface area is 126 Å². The van der Waals surface area contributed by atoms with Gasteiger partial charge in [-0.2, -0.15) is 0 Å². The number of primary amides is 1. The van der Waals surface area contributed by atoms with E-state index < -0.39 is 0 Å². The summed E-state index contributed by atoms with van der Waals surface area (Å²) in [6, 6.07) is 0. The predicted octanol–water partition coefficient (Wildman–Crippen LogP) is 0.934. The largest absolute Gasteiger partial charge is 0.379 e. The van der Waals surface area contributed by atoms with Gasteiger partial charge in [-0.1, -0.05) is 6.92 Å². The minimum absolute atomic E-state index is 0.0729. The van der Waals surface area contributed by atoms with Gasteiger partial charge in [0.15, 0.2) is 0 Å². The summed E-state index contributed by atoms with van der Waals surface area (Å²) in [4.78, 5) is 25.1. The summed E-state index contributed by atoms with van der Waals surface area (Å²) >= 11 is 0. The average Bonchev–Trinajstić information content (AvgIpc) is 2.51. The number of amides is 2. The van der Waals surface area contributed by atoms with E-state index in [1.54, 1.807) is 0 Å². The van der Waals surface area contributed by atoms with Crippen LogP contribution in [0.1, 0.15) is 39.0 Å². The SMILES string of the molecule is CC(CCCC(N)=O)C(=O)N1CCCOCCOCCC1. The molecule has 1 saturated heterocycles. The zero-order valence-electron chi connectivity index (χ0n) is 13.0. The third-order valence-corrected chi connectivity index (χ3v) is 3.60. The van der Waals surface area contributed by atoms with Crippen molar-refractivity contribution >= 4 is 11.8 Å². The van der Waals surface area contributed by atoms with Crippen LogP contribution < -0.4 is 5.73 Å². The monoisotopic (exact) mass is 300 g/mol. The van der Waals surface area contributed by atoms with Crippen molar-refractivity contribution in [2.45, 2.75) is 39.0 Å². The van der Waals surface area contributed by atoms with Crippen molar-refractivity contribution in [3.05, 3.63) is 0 Å². The van der Waals surface area contributed by atoms with Crippen molar-refractivity contribution in [3.8, 4) is 0 Å². The fourth-order valence-electron chi connectivity index (χ4n) is 2.39. The highest BCUT2D eigenvalue weighted by atomic mass is 16.5. The number of carbonyl (C=O) groups excluding carboxylic acids is 2. The first-order chi connectivity index (χ1) is 10.1. The van der Waals surface area contributed by atoms with Crippen molar-refractivity contribution in [2.24, 2.45) is 11.7 Å². The van der Waals surface area contributed by atoms with Crippen LogP contribution in [0, 0.1) is 5.92 Å². The average molecular weight is 300 g/mol. The van der Waals surface area contributed by atoms with Gasteiger partial charge in [-0.05, 0) is 25.7 Å². The molecule has 1 aliphatic rings. The van der Waals surface area contributed by atoms with Crippen molar-refractivity contribution in [1.29, 1.82) is 0 Å². The molecule has 0 aromatic rings. The first kappa shape index (κ1) is 17.9. The summed E-state index contributed by atoms with van der Waals surface area (Å²) in [6.07, 6.45) is 3.41. The molecule has 0 aromatic carbocycles. The van der Waals surface area contributed by atoms with Crippen LogP contribution in [-0.4, -0.2) is 56.2 Å². The lowest BCUT2D eigenvalue weighted by Crippen LogP contribution is -2.37. The van der Waals surface area contributed by atoms with Crippen LogP contribution in [0.4, 0.5) is 0 Å². The topological polar surface area (TPSA) is 81.9 Å².